The fraction of sp³-hybridized carbons (Fsp3) is 0.481. The van der Waals surface area contributed by atoms with E-state index in [0.29, 0.717) is 54.7 Å². The molecule has 39 heavy (non-hydrogen) atoms. The van der Waals surface area contributed by atoms with Crippen molar-refractivity contribution in [3.63, 3.8) is 0 Å². The Kier molecular flexibility index (Phi) is 8.47. The number of aryl methyl sites for hydroxylation is 2. The molecule has 12 heteroatoms. The van der Waals surface area contributed by atoms with Gasteiger partial charge >= 0.3 is 12.1 Å². The molecule has 210 valence electrons. The fourth-order valence-corrected chi connectivity index (χ4v) is 5.63. The van der Waals surface area contributed by atoms with Crippen LogP contribution in [-0.4, -0.2) is 51.0 Å². The van der Waals surface area contributed by atoms with E-state index in [-0.39, 0.29) is 51.5 Å². The smallest absolute Gasteiger partial charge is 0.433 e. The summed E-state index contributed by atoms with van der Waals surface area (Å²) < 4.78 is 46.6. The van der Waals surface area contributed by atoms with Gasteiger partial charge in [-0.25, -0.2) is 9.97 Å². The third-order valence-electron chi connectivity index (χ3n) is 7.35. The Hall–Kier alpha value is -2.85. The summed E-state index contributed by atoms with van der Waals surface area (Å²) in [6, 6.07) is 2.76. The molecule has 4 heterocycles. The Morgan fingerprint density at radius 1 is 1.23 bits per heavy atom. The van der Waals surface area contributed by atoms with E-state index in [2.05, 4.69) is 9.97 Å². The summed E-state index contributed by atoms with van der Waals surface area (Å²) >= 11 is 13.1. The minimum absolute atomic E-state index is 0.0822. The first-order valence-electron chi connectivity index (χ1n) is 12.6. The average molecular weight is 585 g/mol. The van der Waals surface area contributed by atoms with Crippen molar-refractivity contribution in [1.82, 2.24) is 19.4 Å². The standard InChI is InChI=1S/C27H29Cl2F3N4O3/c1-5-39-22(37)9-16-6-7-36(13-15(16)3)26(38)20-12-33-24(29)19(23(20)28)11-17-10-18-14(2)8-21(27(30,31)32)34-25(18)35(17)4/h8,10,12,15-16H,5-7,9,11,13H2,1-4H3. The molecular formula is C27H29Cl2F3N4O3. The maximum Gasteiger partial charge on any atom is 0.433 e. The van der Waals surface area contributed by atoms with Gasteiger partial charge in [0.15, 0.2) is 0 Å². The molecule has 7 nitrogen and oxygen atoms in total. The number of halogens is 5. The number of aromatic nitrogens is 3. The number of esters is 1. The van der Waals surface area contributed by atoms with Crippen LogP contribution in [0, 0.1) is 18.8 Å². The van der Waals surface area contributed by atoms with Crippen molar-refractivity contribution in [2.45, 2.75) is 46.2 Å². The zero-order chi connectivity index (χ0) is 28.6. The molecule has 2 atom stereocenters. The topological polar surface area (TPSA) is 77.3 Å². The number of rotatable bonds is 6. The van der Waals surface area contributed by atoms with Crippen molar-refractivity contribution in [2.24, 2.45) is 18.9 Å². The van der Waals surface area contributed by atoms with Crippen LogP contribution in [0.2, 0.25) is 10.2 Å². The molecule has 1 aliphatic heterocycles. The summed E-state index contributed by atoms with van der Waals surface area (Å²) in [7, 11) is 1.62. The number of piperidine rings is 1. The predicted molar refractivity (Wildman–Crippen MR) is 142 cm³/mol. The van der Waals surface area contributed by atoms with Crippen LogP contribution in [0.5, 0.6) is 0 Å². The van der Waals surface area contributed by atoms with Gasteiger partial charge in [0.25, 0.3) is 5.91 Å². The lowest BCUT2D eigenvalue weighted by molar-refractivity contribution is -0.145. The largest absolute Gasteiger partial charge is 0.466 e. The Morgan fingerprint density at radius 2 is 1.95 bits per heavy atom. The maximum absolute atomic E-state index is 13.4. The molecule has 0 radical (unpaired) electrons. The Bertz CT molecular complexity index is 1420. The van der Waals surface area contributed by atoms with Gasteiger partial charge in [0.2, 0.25) is 0 Å². The number of hydrogen-bond donors (Lipinski definition) is 0. The van der Waals surface area contributed by atoms with Gasteiger partial charge in [-0.15, -0.1) is 0 Å². The van der Waals surface area contributed by atoms with Crippen LogP contribution in [0.1, 0.15) is 59.6 Å². The van der Waals surface area contributed by atoms with Crippen LogP contribution in [0.15, 0.2) is 18.3 Å². The number of carbonyl (C=O) groups is 2. The van der Waals surface area contributed by atoms with Gasteiger partial charge in [0.1, 0.15) is 16.5 Å². The van der Waals surface area contributed by atoms with Gasteiger partial charge in [-0.1, -0.05) is 30.1 Å². The van der Waals surface area contributed by atoms with Crippen LogP contribution in [0.4, 0.5) is 13.2 Å². The summed E-state index contributed by atoms with van der Waals surface area (Å²) in [4.78, 5) is 35.1. The van der Waals surface area contributed by atoms with Crippen molar-refractivity contribution < 1.29 is 27.5 Å². The van der Waals surface area contributed by atoms with Crippen molar-refractivity contribution in [3.05, 3.63) is 56.6 Å². The molecule has 0 bridgehead atoms. The molecule has 0 saturated carbocycles. The minimum Gasteiger partial charge on any atom is -0.466 e. The van der Waals surface area contributed by atoms with Gasteiger partial charge in [0, 0.05) is 55.8 Å². The first kappa shape index (κ1) is 29.1. The number of fused-ring (bicyclic) bond motifs is 1. The maximum atomic E-state index is 13.4. The number of amides is 1. The predicted octanol–water partition coefficient (Wildman–Crippen LogP) is 6.24. The van der Waals surface area contributed by atoms with Crippen molar-refractivity contribution in [1.29, 1.82) is 0 Å². The van der Waals surface area contributed by atoms with E-state index in [0.717, 1.165) is 6.07 Å². The third-order valence-corrected chi connectivity index (χ3v) is 8.10. The normalized spacial score (nSPS) is 18.0. The van der Waals surface area contributed by atoms with E-state index >= 15 is 0 Å². The second kappa shape index (κ2) is 11.3. The zero-order valence-electron chi connectivity index (χ0n) is 22.0. The molecule has 1 aliphatic rings. The summed E-state index contributed by atoms with van der Waals surface area (Å²) in [6.07, 6.45) is -2.13. The Labute approximate surface area is 234 Å². The second-order valence-corrected chi connectivity index (χ2v) is 10.7. The lowest BCUT2D eigenvalue weighted by atomic mass is 9.84. The summed E-state index contributed by atoms with van der Waals surface area (Å²) in [5.41, 5.74) is 0.862. The third kappa shape index (κ3) is 6.01. The highest BCUT2D eigenvalue weighted by Crippen LogP contribution is 2.35. The quantitative estimate of drug-likeness (QED) is 0.253. The lowest BCUT2D eigenvalue weighted by Crippen LogP contribution is -2.43. The highest BCUT2D eigenvalue weighted by Gasteiger charge is 2.34. The van der Waals surface area contributed by atoms with Gasteiger partial charge in [-0.05, 0) is 49.8 Å². The average Bonchev–Trinajstić information content (AvgIpc) is 3.18. The first-order valence-corrected chi connectivity index (χ1v) is 13.4. The molecule has 0 aromatic carbocycles. The molecule has 2 unspecified atom stereocenters. The molecule has 1 amide bonds. The number of nitrogens with zero attached hydrogens (tertiary/aromatic N) is 4. The summed E-state index contributed by atoms with van der Waals surface area (Å²) in [5, 5.41) is 0.823. The number of hydrogen-bond acceptors (Lipinski definition) is 5. The molecule has 0 aliphatic carbocycles. The van der Waals surface area contributed by atoms with Crippen LogP contribution in [0.3, 0.4) is 0 Å². The van der Waals surface area contributed by atoms with E-state index < -0.39 is 11.9 Å². The van der Waals surface area contributed by atoms with Crippen LogP contribution in [-0.2, 0) is 29.2 Å². The molecule has 1 saturated heterocycles. The van der Waals surface area contributed by atoms with Gasteiger partial charge in [-0.2, -0.15) is 13.2 Å². The van der Waals surface area contributed by atoms with Gasteiger partial charge < -0.3 is 14.2 Å². The van der Waals surface area contributed by atoms with Crippen molar-refractivity contribution in [3.8, 4) is 0 Å². The van der Waals surface area contributed by atoms with E-state index in [1.807, 2.05) is 6.92 Å². The first-order chi connectivity index (χ1) is 18.3. The van der Waals surface area contributed by atoms with E-state index in [1.165, 1.54) is 6.20 Å². The summed E-state index contributed by atoms with van der Waals surface area (Å²) in [6.45, 7) is 6.60. The molecule has 3 aromatic rings. The molecule has 4 rings (SSSR count). The molecule has 1 fully saturated rings. The summed E-state index contributed by atoms with van der Waals surface area (Å²) in [5.74, 6) is -0.337. The minimum atomic E-state index is -4.57. The number of ether oxygens (including phenoxy) is 1. The van der Waals surface area contributed by atoms with Crippen LogP contribution < -0.4 is 0 Å². The van der Waals surface area contributed by atoms with E-state index in [4.69, 9.17) is 27.9 Å². The van der Waals surface area contributed by atoms with Gasteiger partial charge in [0.05, 0.1) is 17.2 Å². The van der Waals surface area contributed by atoms with Crippen molar-refractivity contribution in [2.75, 3.05) is 19.7 Å². The fourth-order valence-electron chi connectivity index (χ4n) is 5.09. The monoisotopic (exact) mass is 584 g/mol. The lowest BCUT2D eigenvalue weighted by Gasteiger charge is -2.36. The molecular weight excluding hydrogens is 556 g/mol. The molecule has 0 spiro atoms. The number of carbonyl (C=O) groups excluding carboxylic acids is 2. The Balaban J connectivity index is 1.58. The highest BCUT2D eigenvalue weighted by atomic mass is 35.5. The van der Waals surface area contributed by atoms with Crippen LogP contribution >= 0.6 is 23.2 Å². The van der Waals surface area contributed by atoms with Crippen LogP contribution in [0.25, 0.3) is 11.0 Å². The SMILES string of the molecule is CCOC(=O)CC1CCN(C(=O)c2cnc(Cl)c(Cc3cc4c(C)cc(C(F)(F)F)nc4n3C)c2Cl)CC1C. The van der Waals surface area contributed by atoms with E-state index in [1.54, 1.807) is 36.4 Å². The zero-order valence-corrected chi connectivity index (χ0v) is 23.5. The second-order valence-electron chi connectivity index (χ2n) is 9.97. The van der Waals surface area contributed by atoms with E-state index in [9.17, 15) is 22.8 Å². The van der Waals surface area contributed by atoms with Gasteiger partial charge in [-0.3, -0.25) is 9.59 Å². The number of likely N-dealkylation sites (tertiary alicyclic amines) is 1. The van der Waals surface area contributed by atoms with Crippen molar-refractivity contribution >= 4 is 46.1 Å². The Morgan fingerprint density at radius 3 is 2.59 bits per heavy atom. The molecule has 3 aromatic heterocycles. The molecule has 0 N–H and O–H groups in total. The highest BCUT2D eigenvalue weighted by molar-refractivity contribution is 6.37. The number of pyridine rings is 2. The number of alkyl halides is 3.